The summed E-state index contributed by atoms with van der Waals surface area (Å²) in [5.74, 6) is 0. The highest BCUT2D eigenvalue weighted by Crippen LogP contribution is 2.40. The van der Waals surface area contributed by atoms with E-state index in [2.05, 4.69) is 55.4 Å². The molecule has 1 atom stereocenters. The molecular weight excluding hydrogens is 316 g/mol. The molecule has 0 rings (SSSR count). The Morgan fingerprint density at radius 1 is 0.792 bits per heavy atom. The summed E-state index contributed by atoms with van der Waals surface area (Å²) in [5.41, 5.74) is 0.103. The minimum Gasteiger partial charge on any atom is -0.374 e. The third-order valence-electron chi connectivity index (χ3n) is 4.42. The molecule has 0 aromatic heterocycles. The van der Waals surface area contributed by atoms with Crippen molar-refractivity contribution in [1.82, 2.24) is 0 Å². The first-order valence-electron chi connectivity index (χ1n) is 10.2. The predicted molar refractivity (Wildman–Crippen MR) is 106 cm³/mol. The van der Waals surface area contributed by atoms with Gasteiger partial charge in [-0.1, -0.05) is 60.8 Å². The van der Waals surface area contributed by atoms with E-state index in [1.54, 1.807) is 0 Å². The molecule has 0 fully saturated rings. The van der Waals surface area contributed by atoms with Gasteiger partial charge >= 0.3 is 8.80 Å². The summed E-state index contributed by atoms with van der Waals surface area (Å²) in [5, 5.41) is 0. The average Bonchev–Trinajstić information content (AvgIpc) is 2.50. The zero-order valence-corrected chi connectivity index (χ0v) is 18.8. The molecular formula is C20H44O3Si. The normalized spacial score (nSPS) is 15.5. The van der Waals surface area contributed by atoms with E-state index in [1.807, 2.05) is 0 Å². The van der Waals surface area contributed by atoms with Crippen LogP contribution >= 0.6 is 0 Å². The molecule has 3 nitrogen and oxygen atoms in total. The molecule has 0 amide bonds. The van der Waals surface area contributed by atoms with Crippen LogP contribution in [0, 0.1) is 5.41 Å². The maximum atomic E-state index is 6.93. The Kier molecular flexibility index (Phi) is 11.7. The summed E-state index contributed by atoms with van der Waals surface area (Å²) in [6.07, 6.45) is 7.81. The van der Waals surface area contributed by atoms with Crippen molar-refractivity contribution in [2.24, 2.45) is 5.41 Å². The zero-order chi connectivity index (χ0) is 18.7. The van der Waals surface area contributed by atoms with Gasteiger partial charge in [0.15, 0.2) is 0 Å². The topological polar surface area (TPSA) is 27.7 Å². The highest BCUT2D eigenvalue weighted by atomic mass is 28.4. The molecule has 0 saturated carbocycles. The Bertz CT molecular complexity index is 308. The highest BCUT2D eigenvalue weighted by Gasteiger charge is 2.48. The van der Waals surface area contributed by atoms with Crippen molar-refractivity contribution in [1.29, 1.82) is 0 Å². The SMILES string of the molecule is CCCCC(CC)(CC(C)(C)C)O[Si](CCCC)(OCC)OCC. The summed E-state index contributed by atoms with van der Waals surface area (Å²) in [4.78, 5) is 0. The van der Waals surface area contributed by atoms with E-state index in [-0.39, 0.29) is 11.0 Å². The van der Waals surface area contributed by atoms with Crippen LogP contribution in [0.3, 0.4) is 0 Å². The van der Waals surface area contributed by atoms with E-state index < -0.39 is 8.80 Å². The Labute approximate surface area is 153 Å². The predicted octanol–water partition coefficient (Wildman–Crippen LogP) is 6.59. The van der Waals surface area contributed by atoms with E-state index in [1.165, 1.54) is 12.8 Å². The third kappa shape index (κ3) is 8.98. The summed E-state index contributed by atoms with van der Waals surface area (Å²) in [7, 11) is -2.62. The first-order valence-corrected chi connectivity index (χ1v) is 12.1. The number of rotatable bonds is 14. The van der Waals surface area contributed by atoms with Crippen LogP contribution in [0.4, 0.5) is 0 Å². The highest BCUT2D eigenvalue weighted by molar-refractivity contribution is 6.60. The van der Waals surface area contributed by atoms with E-state index >= 15 is 0 Å². The molecule has 0 aliphatic rings. The lowest BCUT2D eigenvalue weighted by atomic mass is 9.78. The summed E-state index contributed by atoms with van der Waals surface area (Å²) < 4.78 is 19.4. The average molecular weight is 361 g/mol. The van der Waals surface area contributed by atoms with Crippen LogP contribution in [0.15, 0.2) is 0 Å². The van der Waals surface area contributed by atoms with Crippen LogP contribution in [-0.4, -0.2) is 27.6 Å². The Morgan fingerprint density at radius 2 is 1.33 bits per heavy atom. The van der Waals surface area contributed by atoms with Gasteiger partial charge in [0.1, 0.15) is 0 Å². The molecule has 0 saturated heterocycles. The maximum Gasteiger partial charge on any atom is 0.501 e. The van der Waals surface area contributed by atoms with E-state index in [4.69, 9.17) is 13.3 Å². The maximum absolute atomic E-state index is 6.93. The van der Waals surface area contributed by atoms with Crippen LogP contribution in [0.25, 0.3) is 0 Å². The van der Waals surface area contributed by atoms with Crippen molar-refractivity contribution in [2.75, 3.05) is 13.2 Å². The van der Waals surface area contributed by atoms with Crippen molar-refractivity contribution < 1.29 is 13.3 Å². The van der Waals surface area contributed by atoms with Gasteiger partial charge in [0, 0.05) is 19.3 Å². The molecule has 0 aromatic carbocycles. The number of hydrogen-bond donors (Lipinski definition) is 0. The van der Waals surface area contributed by atoms with E-state index in [0.29, 0.717) is 13.2 Å². The van der Waals surface area contributed by atoms with Crippen LogP contribution in [-0.2, 0) is 13.3 Å². The van der Waals surface area contributed by atoms with Gasteiger partial charge in [-0.2, -0.15) is 0 Å². The van der Waals surface area contributed by atoms with Crippen LogP contribution in [0.2, 0.25) is 6.04 Å². The molecule has 0 radical (unpaired) electrons. The molecule has 0 bridgehead atoms. The quantitative estimate of drug-likeness (QED) is 0.327. The van der Waals surface area contributed by atoms with Gasteiger partial charge in [-0.05, 0) is 44.9 Å². The van der Waals surface area contributed by atoms with E-state index in [0.717, 1.165) is 38.1 Å². The Hall–Kier alpha value is 0.0969. The number of unbranched alkanes of at least 4 members (excludes halogenated alkanes) is 2. The summed E-state index contributed by atoms with van der Waals surface area (Å²) in [6, 6.07) is 0.934. The fourth-order valence-electron chi connectivity index (χ4n) is 3.47. The second kappa shape index (κ2) is 11.7. The second-order valence-electron chi connectivity index (χ2n) is 8.13. The zero-order valence-electron chi connectivity index (χ0n) is 17.8. The molecule has 4 heteroatoms. The molecule has 0 heterocycles. The fraction of sp³-hybridized carbons (Fsp3) is 1.00. The van der Waals surface area contributed by atoms with Gasteiger partial charge in [0.05, 0.1) is 5.60 Å². The lowest BCUT2D eigenvalue weighted by Crippen LogP contribution is -2.54. The molecule has 0 spiro atoms. The monoisotopic (exact) mass is 360 g/mol. The minimum absolute atomic E-state index is 0.126. The number of hydrogen-bond acceptors (Lipinski definition) is 3. The lowest BCUT2D eigenvalue weighted by molar-refractivity contribution is -0.0592. The van der Waals surface area contributed by atoms with Crippen molar-refractivity contribution in [3.8, 4) is 0 Å². The van der Waals surface area contributed by atoms with Crippen LogP contribution in [0.1, 0.15) is 100 Å². The Morgan fingerprint density at radius 3 is 1.71 bits per heavy atom. The Balaban J connectivity index is 5.57. The van der Waals surface area contributed by atoms with Crippen molar-refractivity contribution >= 4 is 8.80 Å². The third-order valence-corrected chi connectivity index (χ3v) is 7.59. The summed E-state index contributed by atoms with van der Waals surface area (Å²) >= 11 is 0. The summed E-state index contributed by atoms with van der Waals surface area (Å²) in [6.45, 7) is 19.1. The standard InChI is InChI=1S/C20H44O3Si/c1-9-14-16-20(11-3,18-19(6,7)8)23-24(21-12-4,22-13-5)17-15-10-2/h9-18H2,1-8H3. The second-order valence-corrected chi connectivity index (χ2v) is 10.8. The first-order chi connectivity index (χ1) is 11.2. The van der Waals surface area contributed by atoms with Gasteiger partial charge in [0.2, 0.25) is 0 Å². The van der Waals surface area contributed by atoms with Crippen molar-refractivity contribution in [2.45, 2.75) is 112 Å². The van der Waals surface area contributed by atoms with E-state index in [9.17, 15) is 0 Å². The largest absolute Gasteiger partial charge is 0.501 e. The van der Waals surface area contributed by atoms with Crippen molar-refractivity contribution in [3.63, 3.8) is 0 Å². The molecule has 0 aliphatic carbocycles. The van der Waals surface area contributed by atoms with Gasteiger partial charge in [-0.15, -0.1) is 0 Å². The first kappa shape index (κ1) is 24.1. The van der Waals surface area contributed by atoms with Crippen LogP contribution in [0.5, 0.6) is 0 Å². The molecule has 1 unspecified atom stereocenters. The molecule has 146 valence electrons. The van der Waals surface area contributed by atoms with Crippen LogP contribution < -0.4 is 0 Å². The smallest absolute Gasteiger partial charge is 0.374 e. The fourth-order valence-corrected chi connectivity index (χ4v) is 6.71. The lowest BCUT2D eigenvalue weighted by Gasteiger charge is -2.44. The van der Waals surface area contributed by atoms with Gasteiger partial charge in [-0.25, -0.2) is 0 Å². The molecule has 0 aliphatic heterocycles. The van der Waals surface area contributed by atoms with Crippen molar-refractivity contribution in [3.05, 3.63) is 0 Å². The van der Waals surface area contributed by atoms with Gasteiger partial charge in [-0.3, -0.25) is 0 Å². The van der Waals surface area contributed by atoms with Gasteiger partial charge in [0.25, 0.3) is 0 Å². The molecule has 24 heavy (non-hydrogen) atoms. The molecule has 0 aromatic rings. The molecule has 0 N–H and O–H groups in total. The minimum atomic E-state index is -2.62. The van der Waals surface area contributed by atoms with Gasteiger partial charge < -0.3 is 13.3 Å².